The molecule has 3 aromatic carbocycles. The second-order valence-corrected chi connectivity index (χ2v) is 5.99. The van der Waals surface area contributed by atoms with E-state index in [9.17, 15) is 0 Å². The first kappa shape index (κ1) is 16.1. The normalized spacial score (nSPS) is 10.5. The molecule has 1 heterocycles. The number of aromatic nitrogens is 2. The number of halogens is 1. The molecular formula is C21H12ClN3O. The molecule has 4 rings (SSSR count). The number of ether oxygens (including phenoxy) is 1. The van der Waals surface area contributed by atoms with Crippen molar-refractivity contribution in [2.75, 3.05) is 0 Å². The van der Waals surface area contributed by atoms with Gasteiger partial charge in [-0.05, 0) is 48.5 Å². The fraction of sp³-hybridized carbons (Fsp3) is 0. The predicted molar refractivity (Wildman–Crippen MR) is 101 cm³/mol. The molecule has 0 amide bonds. The van der Waals surface area contributed by atoms with Crippen LogP contribution in [0.3, 0.4) is 0 Å². The van der Waals surface area contributed by atoms with Crippen LogP contribution in [0.1, 0.15) is 5.56 Å². The van der Waals surface area contributed by atoms with Crippen molar-refractivity contribution in [1.29, 1.82) is 5.26 Å². The fourth-order valence-electron chi connectivity index (χ4n) is 2.60. The Morgan fingerprint density at radius 1 is 0.846 bits per heavy atom. The molecule has 1 aromatic heterocycles. The van der Waals surface area contributed by atoms with Crippen LogP contribution in [0.15, 0.2) is 72.8 Å². The number of hydrogen-bond donors (Lipinski definition) is 0. The Kier molecular flexibility index (Phi) is 4.22. The lowest BCUT2D eigenvalue weighted by atomic mass is 10.2. The van der Waals surface area contributed by atoms with Gasteiger partial charge in [0.25, 0.3) is 0 Å². The van der Waals surface area contributed by atoms with E-state index in [0.29, 0.717) is 28.0 Å². The number of fused-ring (bicyclic) bond motifs is 1. The minimum absolute atomic E-state index is 0.440. The number of hydrogen-bond acceptors (Lipinski definition) is 4. The summed E-state index contributed by atoms with van der Waals surface area (Å²) in [5.74, 6) is 1.53. The van der Waals surface area contributed by atoms with Gasteiger partial charge in [-0.1, -0.05) is 35.9 Å². The largest absolute Gasteiger partial charge is 0.438 e. The number of nitrogens with zero attached hydrogens (tertiary/aromatic N) is 3. The van der Waals surface area contributed by atoms with E-state index >= 15 is 0 Å². The number of nitriles is 1. The predicted octanol–water partition coefficient (Wildman–Crippen LogP) is 5.61. The number of para-hydroxylation sites is 1. The van der Waals surface area contributed by atoms with Gasteiger partial charge in [0.2, 0.25) is 5.88 Å². The molecule has 0 N–H and O–H groups in total. The van der Waals surface area contributed by atoms with Gasteiger partial charge in [-0.15, -0.1) is 0 Å². The third-order valence-electron chi connectivity index (χ3n) is 3.88. The van der Waals surface area contributed by atoms with Crippen LogP contribution in [0.25, 0.3) is 22.3 Å². The molecule has 4 aromatic rings. The van der Waals surface area contributed by atoms with Crippen LogP contribution in [0.2, 0.25) is 5.02 Å². The topological polar surface area (TPSA) is 58.8 Å². The molecule has 0 aliphatic heterocycles. The SMILES string of the molecule is N#Cc1ccc(Oc2nc(-c3ccccc3Cl)nc3ccccc23)cc1. The molecule has 0 saturated carbocycles. The Morgan fingerprint density at radius 3 is 2.35 bits per heavy atom. The third kappa shape index (κ3) is 3.08. The Bertz CT molecular complexity index is 1130. The lowest BCUT2D eigenvalue weighted by Crippen LogP contribution is -1.96. The molecule has 26 heavy (non-hydrogen) atoms. The lowest BCUT2D eigenvalue weighted by molar-refractivity contribution is 0.469. The van der Waals surface area contributed by atoms with E-state index in [1.54, 1.807) is 30.3 Å². The molecule has 0 radical (unpaired) electrons. The molecule has 0 aliphatic carbocycles. The molecule has 0 fully saturated rings. The van der Waals surface area contributed by atoms with Gasteiger partial charge < -0.3 is 4.74 Å². The standard InChI is InChI=1S/C21H12ClN3O/c22-18-7-3-1-5-16(18)20-24-19-8-4-2-6-17(19)21(25-20)26-15-11-9-14(13-23)10-12-15/h1-12H. The van der Waals surface area contributed by atoms with E-state index in [2.05, 4.69) is 16.0 Å². The Labute approximate surface area is 155 Å². The maximum absolute atomic E-state index is 8.92. The van der Waals surface area contributed by atoms with Crippen molar-refractivity contribution in [2.24, 2.45) is 0 Å². The van der Waals surface area contributed by atoms with Crippen molar-refractivity contribution in [3.63, 3.8) is 0 Å². The summed E-state index contributed by atoms with van der Waals surface area (Å²) in [7, 11) is 0. The van der Waals surface area contributed by atoms with Crippen molar-refractivity contribution in [3.05, 3.63) is 83.4 Å². The minimum Gasteiger partial charge on any atom is -0.438 e. The van der Waals surface area contributed by atoms with Crippen LogP contribution in [-0.2, 0) is 0 Å². The summed E-state index contributed by atoms with van der Waals surface area (Å²) in [6, 6.07) is 24.0. The highest BCUT2D eigenvalue weighted by atomic mass is 35.5. The second-order valence-electron chi connectivity index (χ2n) is 5.59. The zero-order valence-electron chi connectivity index (χ0n) is 13.6. The zero-order valence-corrected chi connectivity index (χ0v) is 14.3. The summed E-state index contributed by atoms with van der Waals surface area (Å²) >= 11 is 6.30. The van der Waals surface area contributed by atoms with Gasteiger partial charge in [0, 0.05) is 5.56 Å². The lowest BCUT2D eigenvalue weighted by Gasteiger charge is -2.11. The van der Waals surface area contributed by atoms with Gasteiger partial charge in [0.1, 0.15) is 5.75 Å². The van der Waals surface area contributed by atoms with Crippen molar-refractivity contribution in [1.82, 2.24) is 9.97 Å². The van der Waals surface area contributed by atoms with Gasteiger partial charge in [-0.2, -0.15) is 10.2 Å². The number of rotatable bonds is 3. The zero-order chi connectivity index (χ0) is 17.9. The van der Waals surface area contributed by atoms with Crippen molar-refractivity contribution >= 4 is 22.5 Å². The highest BCUT2D eigenvalue weighted by Crippen LogP contribution is 2.32. The molecule has 5 heteroatoms. The highest BCUT2D eigenvalue weighted by Gasteiger charge is 2.13. The van der Waals surface area contributed by atoms with Crippen molar-refractivity contribution in [3.8, 4) is 29.1 Å². The summed E-state index contributed by atoms with van der Waals surface area (Å²) in [6.07, 6.45) is 0. The Balaban J connectivity index is 1.84. The molecule has 4 nitrogen and oxygen atoms in total. The minimum atomic E-state index is 0.440. The van der Waals surface area contributed by atoms with E-state index in [1.807, 2.05) is 42.5 Å². The van der Waals surface area contributed by atoms with Crippen molar-refractivity contribution in [2.45, 2.75) is 0 Å². The van der Waals surface area contributed by atoms with Gasteiger partial charge >= 0.3 is 0 Å². The van der Waals surface area contributed by atoms with Gasteiger partial charge in [0.15, 0.2) is 5.82 Å². The molecule has 0 spiro atoms. The molecule has 0 atom stereocenters. The smallest absolute Gasteiger partial charge is 0.230 e. The molecule has 0 saturated heterocycles. The van der Waals surface area contributed by atoms with Gasteiger partial charge in [-0.25, -0.2) is 4.98 Å². The van der Waals surface area contributed by atoms with Crippen LogP contribution in [0, 0.1) is 11.3 Å². The average Bonchev–Trinajstić information content (AvgIpc) is 2.69. The first-order valence-electron chi connectivity index (χ1n) is 7.94. The van der Waals surface area contributed by atoms with Gasteiger partial charge in [0.05, 0.1) is 27.6 Å². The first-order chi connectivity index (χ1) is 12.7. The second kappa shape index (κ2) is 6.83. The quantitative estimate of drug-likeness (QED) is 0.478. The van der Waals surface area contributed by atoms with E-state index in [-0.39, 0.29) is 0 Å². The van der Waals surface area contributed by atoms with E-state index in [1.165, 1.54) is 0 Å². The van der Waals surface area contributed by atoms with Crippen LogP contribution in [0.4, 0.5) is 0 Å². The van der Waals surface area contributed by atoms with E-state index < -0.39 is 0 Å². The number of benzene rings is 3. The average molecular weight is 358 g/mol. The monoisotopic (exact) mass is 357 g/mol. The third-order valence-corrected chi connectivity index (χ3v) is 4.21. The van der Waals surface area contributed by atoms with Crippen LogP contribution < -0.4 is 4.74 Å². The molecular weight excluding hydrogens is 346 g/mol. The fourth-order valence-corrected chi connectivity index (χ4v) is 2.82. The Hall–Kier alpha value is -3.42. The van der Waals surface area contributed by atoms with Gasteiger partial charge in [-0.3, -0.25) is 0 Å². The maximum atomic E-state index is 8.92. The first-order valence-corrected chi connectivity index (χ1v) is 8.32. The van der Waals surface area contributed by atoms with Crippen LogP contribution >= 0.6 is 11.6 Å². The molecule has 0 bridgehead atoms. The Morgan fingerprint density at radius 2 is 1.58 bits per heavy atom. The van der Waals surface area contributed by atoms with E-state index in [4.69, 9.17) is 21.6 Å². The van der Waals surface area contributed by atoms with Crippen LogP contribution in [-0.4, -0.2) is 9.97 Å². The highest BCUT2D eigenvalue weighted by molar-refractivity contribution is 6.33. The summed E-state index contributed by atoms with van der Waals surface area (Å²) in [4.78, 5) is 9.20. The maximum Gasteiger partial charge on any atom is 0.230 e. The summed E-state index contributed by atoms with van der Waals surface area (Å²) in [5.41, 5.74) is 2.08. The molecule has 124 valence electrons. The summed E-state index contributed by atoms with van der Waals surface area (Å²) in [6.45, 7) is 0. The summed E-state index contributed by atoms with van der Waals surface area (Å²) < 4.78 is 5.99. The van der Waals surface area contributed by atoms with E-state index in [0.717, 1.165) is 16.5 Å². The molecule has 0 unspecified atom stereocenters. The summed E-state index contributed by atoms with van der Waals surface area (Å²) in [5, 5.41) is 10.3. The van der Waals surface area contributed by atoms with Crippen LogP contribution in [0.5, 0.6) is 11.6 Å². The molecule has 0 aliphatic rings. The van der Waals surface area contributed by atoms with Crippen molar-refractivity contribution < 1.29 is 4.74 Å².